The van der Waals surface area contributed by atoms with Gasteiger partial charge in [0.15, 0.2) is 11.6 Å². The number of benzene rings is 2. The lowest BCUT2D eigenvalue weighted by Gasteiger charge is -2.22. The molecule has 0 spiro atoms. The fourth-order valence-electron chi connectivity index (χ4n) is 4.91. The van der Waals surface area contributed by atoms with E-state index >= 15 is 0 Å². The SMILES string of the molecule is O=C1C(c2ccc(C3=C(c4ccc(B(O)O)cc4)C(=O)c4ncccc4C3=O)cc2)=C(Cl)C(=O)c2ncccc21. The first-order valence-electron chi connectivity index (χ1n) is 12.1. The van der Waals surface area contributed by atoms with Crippen LogP contribution in [0.5, 0.6) is 0 Å². The lowest BCUT2D eigenvalue weighted by atomic mass is 9.77. The topological polar surface area (TPSA) is 135 Å². The number of hydrogen-bond donors (Lipinski definition) is 2. The highest BCUT2D eigenvalue weighted by Crippen LogP contribution is 2.38. The Labute approximate surface area is 232 Å². The summed E-state index contributed by atoms with van der Waals surface area (Å²) in [5.74, 6) is -1.89. The molecule has 40 heavy (non-hydrogen) atoms. The molecule has 2 N–H and O–H groups in total. The number of aromatic nitrogens is 2. The first-order valence-corrected chi connectivity index (χ1v) is 12.5. The van der Waals surface area contributed by atoms with E-state index in [4.69, 9.17) is 11.6 Å². The first-order chi connectivity index (χ1) is 19.3. The number of fused-ring (bicyclic) bond motifs is 2. The molecular formula is C30H16BClN2O6. The number of allylic oxidation sites excluding steroid dienone is 4. The Morgan fingerprint density at radius 1 is 0.550 bits per heavy atom. The van der Waals surface area contributed by atoms with E-state index in [-0.39, 0.29) is 49.7 Å². The third kappa shape index (κ3) is 3.96. The molecule has 0 saturated carbocycles. The summed E-state index contributed by atoms with van der Waals surface area (Å²) in [4.78, 5) is 61.5. The number of Topliss-reactive ketones (excluding diaryl/α,β-unsaturated/α-hetero) is 4. The van der Waals surface area contributed by atoms with Crippen molar-refractivity contribution in [3.8, 4) is 0 Å². The Balaban J connectivity index is 1.49. The van der Waals surface area contributed by atoms with Crippen molar-refractivity contribution >= 4 is 64.0 Å². The van der Waals surface area contributed by atoms with Crippen LogP contribution >= 0.6 is 11.6 Å². The molecule has 2 aromatic heterocycles. The van der Waals surface area contributed by atoms with E-state index in [9.17, 15) is 29.2 Å². The monoisotopic (exact) mass is 546 g/mol. The molecule has 192 valence electrons. The van der Waals surface area contributed by atoms with E-state index < -0.39 is 30.3 Å². The van der Waals surface area contributed by atoms with Gasteiger partial charge < -0.3 is 10.0 Å². The van der Waals surface area contributed by atoms with E-state index in [2.05, 4.69) is 9.97 Å². The summed E-state index contributed by atoms with van der Waals surface area (Å²) in [5, 5.41) is 18.7. The maximum atomic E-state index is 13.7. The van der Waals surface area contributed by atoms with Crippen molar-refractivity contribution in [2.24, 2.45) is 0 Å². The average molecular weight is 547 g/mol. The molecule has 6 rings (SSSR count). The van der Waals surface area contributed by atoms with Gasteiger partial charge in [0.05, 0.1) is 16.7 Å². The maximum Gasteiger partial charge on any atom is 0.488 e. The highest BCUT2D eigenvalue weighted by molar-refractivity contribution is 6.59. The van der Waals surface area contributed by atoms with Crippen molar-refractivity contribution in [1.82, 2.24) is 9.97 Å². The molecular weight excluding hydrogens is 531 g/mol. The van der Waals surface area contributed by atoms with Gasteiger partial charge in [0.1, 0.15) is 16.4 Å². The van der Waals surface area contributed by atoms with Crippen LogP contribution in [0.3, 0.4) is 0 Å². The van der Waals surface area contributed by atoms with Gasteiger partial charge in [-0.1, -0.05) is 60.1 Å². The number of hydrogen-bond acceptors (Lipinski definition) is 8. The highest BCUT2D eigenvalue weighted by Gasteiger charge is 2.36. The lowest BCUT2D eigenvalue weighted by molar-refractivity contribution is 0.0994. The molecule has 0 atom stereocenters. The normalized spacial score (nSPS) is 14.9. The van der Waals surface area contributed by atoms with Crippen molar-refractivity contribution in [2.45, 2.75) is 0 Å². The van der Waals surface area contributed by atoms with Crippen LogP contribution in [-0.4, -0.2) is 50.3 Å². The minimum absolute atomic E-state index is 0.00834. The van der Waals surface area contributed by atoms with E-state index in [1.807, 2.05) is 0 Å². The van der Waals surface area contributed by atoms with Crippen LogP contribution in [0.15, 0.2) is 90.2 Å². The number of ketones is 4. The van der Waals surface area contributed by atoms with E-state index in [1.165, 1.54) is 48.8 Å². The van der Waals surface area contributed by atoms with Gasteiger partial charge in [0.25, 0.3) is 0 Å². The smallest absolute Gasteiger partial charge is 0.423 e. The van der Waals surface area contributed by atoms with Gasteiger partial charge in [-0.05, 0) is 46.4 Å². The molecule has 0 radical (unpaired) electrons. The summed E-state index contributed by atoms with van der Waals surface area (Å²) < 4.78 is 0. The van der Waals surface area contributed by atoms with Crippen LogP contribution in [0.2, 0.25) is 0 Å². The van der Waals surface area contributed by atoms with Crippen molar-refractivity contribution < 1.29 is 29.2 Å². The zero-order valence-electron chi connectivity index (χ0n) is 20.5. The predicted octanol–water partition coefficient (Wildman–Crippen LogP) is 3.18. The lowest BCUT2D eigenvalue weighted by Crippen LogP contribution is -2.29. The zero-order chi connectivity index (χ0) is 28.1. The molecule has 0 amide bonds. The largest absolute Gasteiger partial charge is 0.488 e. The third-order valence-electron chi connectivity index (χ3n) is 6.84. The van der Waals surface area contributed by atoms with Crippen LogP contribution < -0.4 is 5.46 Å². The van der Waals surface area contributed by atoms with Gasteiger partial charge >= 0.3 is 7.12 Å². The first kappa shape index (κ1) is 25.5. The molecule has 10 heteroatoms. The second-order valence-corrected chi connectivity index (χ2v) is 9.51. The van der Waals surface area contributed by atoms with Gasteiger partial charge in [-0.2, -0.15) is 0 Å². The molecule has 2 aliphatic rings. The summed E-state index contributed by atoms with van der Waals surface area (Å²) in [7, 11) is -1.70. The second kappa shape index (κ2) is 9.73. The quantitative estimate of drug-likeness (QED) is 0.373. The minimum atomic E-state index is -1.70. The molecule has 0 fully saturated rings. The van der Waals surface area contributed by atoms with Gasteiger partial charge in [-0.25, -0.2) is 0 Å². The van der Waals surface area contributed by atoms with Gasteiger partial charge in [-0.3, -0.25) is 29.1 Å². The summed E-state index contributed by atoms with van der Waals surface area (Å²) in [6.07, 6.45) is 2.84. The average Bonchev–Trinajstić information content (AvgIpc) is 2.98. The minimum Gasteiger partial charge on any atom is -0.423 e. The van der Waals surface area contributed by atoms with E-state index in [1.54, 1.807) is 36.4 Å². The molecule has 0 bridgehead atoms. The standard InChI is InChI=1S/C30H16BClN2O6/c32-24-23(28(36)20-4-2-14-34-26(20)30(24)38)17-7-5-15(6-8-17)21-22(16-9-11-18(12-10-16)31(39)40)29(37)25-19(27(21)35)3-1-13-33-25/h1-14,39-40H. The third-order valence-corrected chi connectivity index (χ3v) is 7.21. The summed E-state index contributed by atoms with van der Waals surface area (Å²) in [6.45, 7) is 0. The van der Waals surface area contributed by atoms with Crippen LogP contribution in [0, 0.1) is 0 Å². The van der Waals surface area contributed by atoms with Crippen LogP contribution in [0.1, 0.15) is 58.4 Å². The summed E-state index contributed by atoms with van der Waals surface area (Å²) in [5.41, 5.74) is 1.92. The number of pyridine rings is 2. The Morgan fingerprint density at radius 2 is 0.975 bits per heavy atom. The van der Waals surface area contributed by atoms with Gasteiger partial charge in [0, 0.05) is 23.5 Å². The van der Waals surface area contributed by atoms with E-state index in [0.29, 0.717) is 16.7 Å². The number of carbonyl (C=O) groups is 4. The number of nitrogens with zero attached hydrogens (tertiary/aromatic N) is 2. The van der Waals surface area contributed by atoms with Crippen LogP contribution in [-0.2, 0) is 0 Å². The molecule has 8 nitrogen and oxygen atoms in total. The Morgan fingerprint density at radius 3 is 1.50 bits per heavy atom. The number of halogens is 1. The fraction of sp³-hybridized carbons (Fsp3) is 0. The number of carbonyl (C=O) groups excluding carboxylic acids is 4. The van der Waals surface area contributed by atoms with Crippen molar-refractivity contribution in [3.05, 3.63) is 129 Å². The van der Waals surface area contributed by atoms with Gasteiger partial charge in [0.2, 0.25) is 11.6 Å². The summed E-state index contributed by atoms with van der Waals surface area (Å²) >= 11 is 6.33. The molecule has 2 aromatic carbocycles. The van der Waals surface area contributed by atoms with Crippen molar-refractivity contribution in [2.75, 3.05) is 0 Å². The molecule has 4 aromatic rings. The zero-order valence-corrected chi connectivity index (χ0v) is 21.2. The Hall–Kier alpha value is -4.83. The van der Waals surface area contributed by atoms with Crippen molar-refractivity contribution in [3.63, 3.8) is 0 Å². The highest BCUT2D eigenvalue weighted by atomic mass is 35.5. The fourth-order valence-corrected chi connectivity index (χ4v) is 5.19. The maximum absolute atomic E-state index is 13.7. The number of rotatable bonds is 4. The molecule has 2 aliphatic carbocycles. The molecule has 2 heterocycles. The summed E-state index contributed by atoms with van der Waals surface area (Å²) in [6, 6.07) is 18.4. The second-order valence-electron chi connectivity index (χ2n) is 9.13. The van der Waals surface area contributed by atoms with Crippen LogP contribution in [0.4, 0.5) is 0 Å². The Bertz CT molecular complexity index is 1840. The molecule has 0 unspecified atom stereocenters. The van der Waals surface area contributed by atoms with Gasteiger partial charge in [-0.15, -0.1) is 0 Å². The van der Waals surface area contributed by atoms with E-state index in [0.717, 1.165) is 0 Å². The van der Waals surface area contributed by atoms with Crippen molar-refractivity contribution in [1.29, 1.82) is 0 Å². The predicted molar refractivity (Wildman–Crippen MR) is 148 cm³/mol. The molecule has 0 saturated heterocycles. The van der Waals surface area contributed by atoms with Crippen LogP contribution in [0.25, 0.3) is 16.7 Å². The Kier molecular flexibility index (Phi) is 6.19. The molecule has 0 aliphatic heterocycles.